The summed E-state index contributed by atoms with van der Waals surface area (Å²) in [5.41, 5.74) is 2.20. The second-order valence-corrected chi connectivity index (χ2v) is 11.5. The number of hydrogen-bond donors (Lipinski definition) is 0. The van der Waals surface area contributed by atoms with E-state index in [2.05, 4.69) is 44.4 Å². The van der Waals surface area contributed by atoms with E-state index in [1.54, 1.807) is 12.1 Å². The molecule has 1 fully saturated rings. The van der Waals surface area contributed by atoms with Crippen LogP contribution in [-0.4, -0.2) is 70.1 Å². The van der Waals surface area contributed by atoms with Crippen LogP contribution in [0.15, 0.2) is 24.3 Å². The third-order valence-corrected chi connectivity index (χ3v) is 7.59. The molecule has 0 spiro atoms. The third-order valence-electron chi connectivity index (χ3n) is 6.92. The molecule has 1 aromatic carbocycles. The Balaban J connectivity index is 2.10. The van der Waals surface area contributed by atoms with Crippen molar-refractivity contribution < 1.29 is 9.18 Å². The predicted molar refractivity (Wildman–Crippen MR) is 147 cm³/mol. The van der Waals surface area contributed by atoms with Crippen molar-refractivity contribution in [2.24, 2.45) is 11.3 Å². The molecule has 2 aromatic rings. The fourth-order valence-electron chi connectivity index (χ4n) is 4.80. The van der Waals surface area contributed by atoms with Gasteiger partial charge in [-0.2, -0.15) is 5.10 Å². The minimum Gasteiger partial charge on any atom is -0.354 e. The summed E-state index contributed by atoms with van der Waals surface area (Å²) in [6, 6.07) is 6.98. The lowest BCUT2D eigenvalue weighted by Gasteiger charge is -2.39. The molecule has 1 aliphatic heterocycles. The van der Waals surface area contributed by atoms with E-state index < -0.39 is 5.41 Å². The number of hydrogen-bond acceptors (Lipinski definition) is 4. The van der Waals surface area contributed by atoms with Crippen molar-refractivity contribution in [3.8, 4) is 5.69 Å². The zero-order valence-electron chi connectivity index (χ0n) is 23.0. The van der Waals surface area contributed by atoms with E-state index in [1.165, 1.54) is 12.1 Å². The Kier molecular flexibility index (Phi) is 9.44. The van der Waals surface area contributed by atoms with Crippen molar-refractivity contribution in [1.82, 2.24) is 19.6 Å². The summed E-state index contributed by atoms with van der Waals surface area (Å²) in [7, 11) is 0. The molecule has 0 saturated carbocycles. The van der Waals surface area contributed by atoms with Crippen LogP contribution < -0.4 is 4.90 Å². The first kappa shape index (κ1) is 28.5. The number of carbonyl (C=O) groups is 1. The topological polar surface area (TPSA) is 44.6 Å². The van der Waals surface area contributed by atoms with Crippen LogP contribution in [0.25, 0.3) is 5.69 Å². The molecule has 1 aromatic heterocycles. The lowest BCUT2D eigenvalue weighted by Crippen LogP contribution is -2.50. The first-order valence-electron chi connectivity index (χ1n) is 13.2. The van der Waals surface area contributed by atoms with Gasteiger partial charge in [-0.25, -0.2) is 9.07 Å². The maximum absolute atomic E-state index is 13.8. The number of amides is 1. The van der Waals surface area contributed by atoms with Gasteiger partial charge >= 0.3 is 0 Å². The van der Waals surface area contributed by atoms with Crippen molar-refractivity contribution in [1.29, 1.82) is 0 Å². The van der Waals surface area contributed by atoms with Crippen molar-refractivity contribution in [3.05, 3.63) is 41.3 Å². The second kappa shape index (κ2) is 12.0. The van der Waals surface area contributed by atoms with Gasteiger partial charge in [0.05, 0.1) is 23.3 Å². The Morgan fingerprint density at radius 1 is 1.11 bits per heavy atom. The Hall–Kier alpha value is -2.12. The van der Waals surface area contributed by atoms with Gasteiger partial charge in [0.1, 0.15) is 11.6 Å². The van der Waals surface area contributed by atoms with Gasteiger partial charge < -0.3 is 9.80 Å². The predicted octanol–water partition coefficient (Wildman–Crippen LogP) is 5.35. The molecule has 6 nitrogen and oxygen atoms in total. The van der Waals surface area contributed by atoms with E-state index in [9.17, 15) is 9.18 Å². The van der Waals surface area contributed by atoms with Gasteiger partial charge in [0.15, 0.2) is 0 Å². The van der Waals surface area contributed by atoms with Crippen molar-refractivity contribution >= 4 is 23.3 Å². The first-order chi connectivity index (χ1) is 17.0. The molecule has 8 heteroatoms. The Bertz CT molecular complexity index is 1010. The molecule has 0 bridgehead atoms. The quantitative estimate of drug-likeness (QED) is 0.397. The van der Waals surface area contributed by atoms with Gasteiger partial charge in [0.2, 0.25) is 5.91 Å². The fraction of sp³-hybridized carbons (Fsp3) is 0.643. The van der Waals surface area contributed by atoms with Gasteiger partial charge in [0.25, 0.3) is 0 Å². The van der Waals surface area contributed by atoms with Gasteiger partial charge in [-0.15, -0.1) is 11.6 Å². The molecule has 1 saturated heterocycles. The van der Waals surface area contributed by atoms with Crippen molar-refractivity contribution in [2.75, 3.05) is 43.5 Å². The molecule has 1 amide bonds. The normalized spacial score (nSPS) is 15.2. The molecule has 200 valence electrons. The second-order valence-electron chi connectivity index (χ2n) is 11.2. The van der Waals surface area contributed by atoms with E-state index in [0.29, 0.717) is 25.0 Å². The summed E-state index contributed by atoms with van der Waals surface area (Å²) in [5.74, 6) is 1.37. The van der Waals surface area contributed by atoms with Crippen LogP contribution in [0.3, 0.4) is 0 Å². The van der Waals surface area contributed by atoms with E-state index in [-0.39, 0.29) is 17.6 Å². The highest BCUT2D eigenvalue weighted by molar-refractivity contribution is 6.19. The summed E-state index contributed by atoms with van der Waals surface area (Å²) in [5, 5.41) is 5.01. The number of rotatable bonds is 10. The molecule has 0 radical (unpaired) electrons. The van der Waals surface area contributed by atoms with Crippen LogP contribution in [0.5, 0.6) is 0 Å². The monoisotopic (exact) mass is 519 g/mol. The van der Waals surface area contributed by atoms with E-state index in [1.807, 2.05) is 23.4 Å². The number of nitrogens with zero attached hydrogens (tertiary/aromatic N) is 5. The largest absolute Gasteiger partial charge is 0.354 e. The molecule has 2 heterocycles. The van der Waals surface area contributed by atoms with Crippen LogP contribution in [0.1, 0.15) is 59.7 Å². The van der Waals surface area contributed by atoms with E-state index in [0.717, 1.165) is 55.4 Å². The Morgan fingerprint density at radius 3 is 2.22 bits per heavy atom. The molecular weight excluding hydrogens is 477 g/mol. The maximum atomic E-state index is 13.8. The van der Waals surface area contributed by atoms with Crippen LogP contribution in [0.4, 0.5) is 10.2 Å². The first-order valence-corrected chi connectivity index (χ1v) is 13.7. The average Bonchev–Trinajstić information content (AvgIpc) is 3.21. The lowest BCUT2D eigenvalue weighted by molar-refractivity contribution is -0.140. The highest BCUT2D eigenvalue weighted by Gasteiger charge is 2.34. The standard InChI is InChI=1S/C28H43ClFN5O/c1-8-25-24(18-34(17-20(2)3)27(36)28(6,7)19-29)26(33-15-13-32(14-16-33)21(4)5)35(31-25)23-11-9-22(30)10-12-23/h9-12,20-21H,8,13-19H2,1-7H3. The highest BCUT2D eigenvalue weighted by Crippen LogP contribution is 2.32. The zero-order chi connectivity index (χ0) is 26.6. The Morgan fingerprint density at radius 2 is 1.72 bits per heavy atom. The van der Waals surface area contributed by atoms with Crippen LogP contribution in [0, 0.1) is 17.2 Å². The number of aromatic nitrogens is 2. The fourth-order valence-corrected chi connectivity index (χ4v) is 4.92. The maximum Gasteiger partial charge on any atom is 0.229 e. The molecule has 3 rings (SSSR count). The Labute approximate surface area is 221 Å². The lowest BCUT2D eigenvalue weighted by atomic mass is 9.93. The molecule has 0 unspecified atom stereocenters. The smallest absolute Gasteiger partial charge is 0.229 e. The van der Waals surface area contributed by atoms with Crippen LogP contribution in [0.2, 0.25) is 0 Å². The minimum absolute atomic E-state index is 0.0540. The number of anilines is 1. The molecular formula is C28H43ClFN5O. The zero-order valence-corrected chi connectivity index (χ0v) is 23.8. The number of piperazine rings is 1. The summed E-state index contributed by atoms with van der Waals surface area (Å²) in [4.78, 5) is 20.4. The van der Waals surface area contributed by atoms with Crippen molar-refractivity contribution in [3.63, 3.8) is 0 Å². The van der Waals surface area contributed by atoms with Crippen molar-refractivity contribution in [2.45, 2.75) is 67.5 Å². The summed E-state index contributed by atoms with van der Waals surface area (Å²) < 4.78 is 15.7. The molecule has 0 atom stereocenters. The van der Waals surface area contributed by atoms with E-state index in [4.69, 9.17) is 16.7 Å². The third kappa shape index (κ3) is 6.41. The van der Waals surface area contributed by atoms with Gasteiger partial charge in [-0.05, 0) is 64.3 Å². The SMILES string of the molecule is CCc1nn(-c2ccc(F)cc2)c(N2CCN(C(C)C)CC2)c1CN(CC(C)C)C(=O)C(C)(C)CCl. The summed E-state index contributed by atoms with van der Waals surface area (Å²) in [6.45, 7) is 19.4. The molecule has 1 aliphatic rings. The number of carbonyl (C=O) groups excluding carboxylic acids is 1. The van der Waals surface area contributed by atoms with Gasteiger partial charge in [-0.3, -0.25) is 9.69 Å². The molecule has 0 aliphatic carbocycles. The summed E-state index contributed by atoms with van der Waals surface area (Å²) >= 11 is 6.21. The summed E-state index contributed by atoms with van der Waals surface area (Å²) in [6.07, 6.45) is 0.741. The van der Waals surface area contributed by atoms with Gasteiger partial charge in [-0.1, -0.05) is 20.8 Å². The minimum atomic E-state index is -0.654. The number of benzene rings is 1. The van der Waals surface area contributed by atoms with Crippen LogP contribution >= 0.6 is 11.6 Å². The molecule has 0 N–H and O–H groups in total. The van der Waals surface area contributed by atoms with E-state index >= 15 is 0 Å². The van der Waals surface area contributed by atoms with Crippen LogP contribution in [-0.2, 0) is 17.8 Å². The van der Waals surface area contributed by atoms with Gasteiger partial charge in [0, 0.05) is 50.2 Å². The number of aryl methyl sites for hydroxylation is 1. The highest BCUT2D eigenvalue weighted by atomic mass is 35.5. The number of alkyl halides is 1. The number of halogens is 2. The average molecular weight is 520 g/mol. The molecule has 36 heavy (non-hydrogen) atoms.